The summed E-state index contributed by atoms with van der Waals surface area (Å²) in [7, 11) is 1.62. The summed E-state index contributed by atoms with van der Waals surface area (Å²) in [5.74, 6) is -0.396. The first kappa shape index (κ1) is 20.3. The molecule has 31 heavy (non-hydrogen) atoms. The summed E-state index contributed by atoms with van der Waals surface area (Å²) in [6.07, 6.45) is 1.63. The highest BCUT2D eigenvalue weighted by molar-refractivity contribution is 5.92. The van der Waals surface area contributed by atoms with Crippen molar-refractivity contribution in [3.05, 3.63) is 106 Å². The van der Waals surface area contributed by atoms with E-state index in [9.17, 15) is 14.0 Å². The Bertz CT molecular complexity index is 1300. The zero-order valence-corrected chi connectivity index (χ0v) is 17.0. The number of rotatable bonds is 4. The number of aromatic nitrogens is 1. The SMILES string of the molecule is Cc1cc(=O)oc2cc(NC(=O)N(C)[C@H](c3cccc(F)c3)c3ccccn3)ccc12. The van der Waals surface area contributed by atoms with Crippen LogP contribution in [0, 0.1) is 12.7 Å². The van der Waals surface area contributed by atoms with Gasteiger partial charge >= 0.3 is 11.7 Å². The molecule has 0 aliphatic heterocycles. The summed E-state index contributed by atoms with van der Waals surface area (Å²) >= 11 is 0. The first-order chi connectivity index (χ1) is 14.9. The minimum absolute atomic E-state index is 0.386. The van der Waals surface area contributed by atoms with E-state index in [1.165, 1.54) is 23.1 Å². The van der Waals surface area contributed by atoms with E-state index in [0.29, 0.717) is 22.5 Å². The molecule has 1 N–H and O–H groups in total. The molecule has 0 aliphatic carbocycles. The van der Waals surface area contributed by atoms with Crippen LogP contribution in [0.5, 0.6) is 0 Å². The van der Waals surface area contributed by atoms with Gasteiger partial charge in [0.15, 0.2) is 0 Å². The minimum atomic E-state index is -0.600. The molecule has 0 aliphatic rings. The maximum Gasteiger partial charge on any atom is 0.336 e. The molecule has 6 nitrogen and oxygen atoms in total. The Hall–Kier alpha value is -4.00. The molecule has 1 atom stereocenters. The normalized spacial score (nSPS) is 11.8. The second-order valence-electron chi connectivity index (χ2n) is 7.21. The van der Waals surface area contributed by atoms with Gasteiger partial charge in [0.1, 0.15) is 17.4 Å². The molecule has 2 heterocycles. The van der Waals surface area contributed by atoms with Crippen LogP contribution in [0.1, 0.15) is 22.9 Å². The van der Waals surface area contributed by atoms with E-state index < -0.39 is 23.5 Å². The van der Waals surface area contributed by atoms with Crippen LogP contribution in [-0.2, 0) is 0 Å². The van der Waals surface area contributed by atoms with Crippen LogP contribution in [0.15, 0.2) is 82.1 Å². The van der Waals surface area contributed by atoms with Crippen LogP contribution in [0.3, 0.4) is 0 Å². The van der Waals surface area contributed by atoms with E-state index >= 15 is 0 Å². The fourth-order valence-corrected chi connectivity index (χ4v) is 3.54. The molecule has 0 fully saturated rings. The second kappa shape index (κ2) is 8.39. The number of carbonyl (C=O) groups excluding carboxylic acids is 1. The monoisotopic (exact) mass is 417 g/mol. The first-order valence-corrected chi connectivity index (χ1v) is 9.67. The average molecular weight is 417 g/mol. The molecule has 0 spiro atoms. The third-order valence-corrected chi connectivity index (χ3v) is 5.04. The van der Waals surface area contributed by atoms with Gasteiger partial charge in [-0.05, 0) is 54.4 Å². The number of aryl methyl sites for hydroxylation is 1. The lowest BCUT2D eigenvalue weighted by Gasteiger charge is -2.28. The topological polar surface area (TPSA) is 75.4 Å². The third-order valence-electron chi connectivity index (χ3n) is 5.04. The number of halogens is 1. The molecule has 2 aromatic carbocycles. The Labute approximate surface area is 178 Å². The summed E-state index contributed by atoms with van der Waals surface area (Å²) in [5, 5.41) is 3.60. The first-order valence-electron chi connectivity index (χ1n) is 9.67. The van der Waals surface area contributed by atoms with Gasteiger partial charge in [-0.15, -0.1) is 0 Å². The number of nitrogens with one attached hydrogen (secondary N) is 1. The predicted octanol–water partition coefficient (Wildman–Crippen LogP) is 4.89. The van der Waals surface area contributed by atoms with Gasteiger partial charge in [-0.3, -0.25) is 4.98 Å². The molecule has 0 saturated heterocycles. The standard InChI is InChI=1S/C24H20FN3O3/c1-15-12-22(29)31-21-14-18(9-10-19(15)21)27-24(30)28(2)23(20-8-3-4-11-26-20)16-6-5-7-17(25)13-16/h3-14,23H,1-2H3,(H,27,30)/t23-/m1/s1. The summed E-state index contributed by atoms with van der Waals surface area (Å²) in [4.78, 5) is 30.5. The number of anilines is 1. The number of fused-ring (bicyclic) bond motifs is 1. The Morgan fingerprint density at radius 1 is 1.10 bits per heavy atom. The van der Waals surface area contributed by atoms with Crippen molar-refractivity contribution in [1.82, 2.24) is 9.88 Å². The van der Waals surface area contributed by atoms with Crippen LogP contribution in [0.25, 0.3) is 11.0 Å². The number of nitrogens with zero attached hydrogens (tertiary/aromatic N) is 2. The number of pyridine rings is 1. The Kier molecular flexibility index (Phi) is 5.49. The highest BCUT2D eigenvalue weighted by Gasteiger charge is 2.25. The molecule has 7 heteroatoms. The number of amides is 2. The minimum Gasteiger partial charge on any atom is -0.423 e. The third kappa shape index (κ3) is 4.30. The number of hydrogen-bond donors (Lipinski definition) is 1. The van der Waals surface area contributed by atoms with Gasteiger partial charge in [-0.2, -0.15) is 0 Å². The number of carbonyl (C=O) groups is 1. The zero-order chi connectivity index (χ0) is 22.0. The van der Waals surface area contributed by atoms with Crippen LogP contribution >= 0.6 is 0 Å². The van der Waals surface area contributed by atoms with Gasteiger partial charge in [0.25, 0.3) is 0 Å². The fourth-order valence-electron chi connectivity index (χ4n) is 3.54. The second-order valence-corrected chi connectivity index (χ2v) is 7.21. The van der Waals surface area contributed by atoms with Gasteiger partial charge in [0.05, 0.1) is 5.69 Å². The lowest BCUT2D eigenvalue weighted by atomic mass is 10.0. The molecule has 0 radical (unpaired) electrons. The van der Waals surface area contributed by atoms with Crippen LogP contribution < -0.4 is 10.9 Å². The van der Waals surface area contributed by atoms with Crippen LogP contribution in [-0.4, -0.2) is 23.0 Å². The van der Waals surface area contributed by atoms with E-state index in [4.69, 9.17) is 4.42 Å². The molecule has 0 unspecified atom stereocenters. The van der Waals surface area contributed by atoms with E-state index in [1.807, 2.05) is 13.0 Å². The quantitative estimate of drug-likeness (QED) is 0.480. The Balaban J connectivity index is 1.66. The fraction of sp³-hybridized carbons (Fsp3) is 0.125. The average Bonchev–Trinajstić information content (AvgIpc) is 2.74. The molecular weight excluding hydrogens is 397 g/mol. The van der Waals surface area contributed by atoms with Gasteiger partial charge in [0, 0.05) is 36.5 Å². The van der Waals surface area contributed by atoms with Crippen LogP contribution in [0.4, 0.5) is 14.9 Å². The van der Waals surface area contributed by atoms with E-state index in [2.05, 4.69) is 10.3 Å². The maximum absolute atomic E-state index is 13.9. The van der Waals surface area contributed by atoms with Crippen molar-refractivity contribution in [1.29, 1.82) is 0 Å². The largest absolute Gasteiger partial charge is 0.423 e. The van der Waals surface area contributed by atoms with E-state index in [-0.39, 0.29) is 0 Å². The van der Waals surface area contributed by atoms with Crippen molar-refractivity contribution in [3.63, 3.8) is 0 Å². The molecule has 4 aromatic rings. The highest BCUT2D eigenvalue weighted by Crippen LogP contribution is 2.28. The molecule has 156 valence electrons. The lowest BCUT2D eigenvalue weighted by molar-refractivity contribution is 0.211. The van der Waals surface area contributed by atoms with Gasteiger partial charge < -0.3 is 14.6 Å². The van der Waals surface area contributed by atoms with Crippen molar-refractivity contribution in [2.45, 2.75) is 13.0 Å². The summed E-state index contributed by atoms with van der Waals surface area (Å²) in [6.45, 7) is 1.82. The van der Waals surface area contributed by atoms with E-state index in [1.54, 1.807) is 55.7 Å². The summed E-state index contributed by atoms with van der Waals surface area (Å²) in [6, 6.07) is 17.0. The zero-order valence-electron chi connectivity index (χ0n) is 17.0. The Morgan fingerprint density at radius 2 is 1.94 bits per heavy atom. The number of benzene rings is 2. The smallest absolute Gasteiger partial charge is 0.336 e. The summed E-state index contributed by atoms with van der Waals surface area (Å²) in [5.41, 5.74) is 2.39. The van der Waals surface area contributed by atoms with Crippen molar-refractivity contribution in [2.75, 3.05) is 12.4 Å². The van der Waals surface area contributed by atoms with Gasteiger partial charge in [-0.1, -0.05) is 18.2 Å². The van der Waals surface area contributed by atoms with Crippen molar-refractivity contribution >= 4 is 22.7 Å². The molecule has 0 bridgehead atoms. The predicted molar refractivity (Wildman–Crippen MR) is 116 cm³/mol. The molecule has 4 rings (SSSR count). The number of urea groups is 1. The van der Waals surface area contributed by atoms with Crippen molar-refractivity contribution in [3.8, 4) is 0 Å². The van der Waals surface area contributed by atoms with Crippen molar-refractivity contribution in [2.24, 2.45) is 0 Å². The van der Waals surface area contributed by atoms with Gasteiger partial charge in [-0.25, -0.2) is 14.0 Å². The maximum atomic E-state index is 13.9. The molecule has 0 saturated carbocycles. The van der Waals surface area contributed by atoms with E-state index in [0.717, 1.165) is 10.9 Å². The van der Waals surface area contributed by atoms with Crippen LogP contribution in [0.2, 0.25) is 0 Å². The Morgan fingerprint density at radius 3 is 2.68 bits per heavy atom. The van der Waals surface area contributed by atoms with Crippen molar-refractivity contribution < 1.29 is 13.6 Å². The molecular formula is C24H20FN3O3. The number of hydrogen-bond acceptors (Lipinski definition) is 4. The summed E-state index contributed by atoms with van der Waals surface area (Å²) < 4.78 is 19.1. The molecule has 2 amide bonds. The molecule has 2 aromatic heterocycles. The lowest BCUT2D eigenvalue weighted by Crippen LogP contribution is -2.35. The van der Waals surface area contributed by atoms with Gasteiger partial charge in [0.2, 0.25) is 0 Å². The highest BCUT2D eigenvalue weighted by atomic mass is 19.1.